The normalized spacial score (nSPS) is 13.5. The first-order valence-corrected chi connectivity index (χ1v) is 13.0. The number of β-amino-alcohol motifs (C(OH)–C–C–N with tert-alkyl or cyclic N) is 1. The summed E-state index contributed by atoms with van der Waals surface area (Å²) in [4.78, 5) is 19.8. The second-order valence-electron chi connectivity index (χ2n) is 7.97. The van der Waals surface area contributed by atoms with Crippen LogP contribution in [-0.2, 0) is 20.7 Å². The second-order valence-corrected chi connectivity index (χ2v) is 7.97. The number of nitriles is 1. The smallest absolute Gasteiger partial charge is 0.207 e. The summed E-state index contributed by atoms with van der Waals surface area (Å²) in [5.41, 5.74) is 5.97. The van der Waals surface area contributed by atoms with Crippen molar-refractivity contribution in [1.82, 2.24) is 10.6 Å². The van der Waals surface area contributed by atoms with Crippen molar-refractivity contribution < 1.29 is 19.4 Å². The van der Waals surface area contributed by atoms with Crippen LogP contribution in [0.1, 0.15) is 57.2 Å². The summed E-state index contributed by atoms with van der Waals surface area (Å²) in [6.45, 7) is 15.3. The molecule has 1 unspecified atom stereocenters. The lowest BCUT2D eigenvalue weighted by molar-refractivity contribution is -0.109. The Labute approximate surface area is 224 Å². The van der Waals surface area contributed by atoms with Gasteiger partial charge in [-0.15, -0.1) is 0 Å². The van der Waals surface area contributed by atoms with Crippen LogP contribution in [0.4, 0.5) is 0 Å². The summed E-state index contributed by atoms with van der Waals surface area (Å²) in [7, 11) is 0. The molecule has 37 heavy (non-hydrogen) atoms. The largest absolute Gasteiger partial charge is 0.389 e. The molecule has 1 atom stereocenters. The molecule has 1 saturated heterocycles. The van der Waals surface area contributed by atoms with E-state index in [0.29, 0.717) is 26.0 Å². The lowest BCUT2D eigenvalue weighted by Gasteiger charge is -2.07. The number of unbranched alkanes of at least 4 members (excludes halogenated alkanes) is 1. The molecule has 1 amide bonds. The highest BCUT2D eigenvalue weighted by Crippen LogP contribution is 2.22. The van der Waals surface area contributed by atoms with Gasteiger partial charge in [-0.05, 0) is 36.1 Å². The molecule has 206 valence electrons. The Morgan fingerprint density at radius 3 is 2.19 bits per heavy atom. The number of nitrogens with zero attached hydrogens (tertiary/aromatic N) is 1. The summed E-state index contributed by atoms with van der Waals surface area (Å²) in [5, 5.41) is 21.8. The molecule has 1 fully saturated rings. The van der Waals surface area contributed by atoms with E-state index in [4.69, 9.17) is 15.1 Å². The van der Waals surface area contributed by atoms with E-state index in [1.807, 2.05) is 19.9 Å². The number of carbonyl (C=O) groups excluding carboxylic acids is 2. The van der Waals surface area contributed by atoms with Crippen molar-refractivity contribution in [1.29, 1.82) is 5.26 Å². The SMILES string of the molecule is CC.CCCC.Cc1ccc(-c2ccc(CC=O)c(C)c2)cc1.N#CCNC=O.OC1CNCCOC1. The molecule has 0 saturated carbocycles. The van der Waals surface area contributed by atoms with Gasteiger partial charge in [0.25, 0.3) is 0 Å². The molecule has 0 spiro atoms. The highest BCUT2D eigenvalue weighted by atomic mass is 16.5. The number of rotatable bonds is 6. The first kappa shape index (κ1) is 36.1. The maximum atomic E-state index is 10.5. The molecule has 7 heteroatoms. The zero-order valence-electron chi connectivity index (χ0n) is 23.5. The summed E-state index contributed by atoms with van der Waals surface area (Å²) in [6.07, 6.45) is 4.27. The first-order valence-electron chi connectivity index (χ1n) is 13.0. The summed E-state index contributed by atoms with van der Waals surface area (Å²) in [5.74, 6) is 0. The van der Waals surface area contributed by atoms with Crippen LogP contribution >= 0.6 is 0 Å². The van der Waals surface area contributed by atoms with Crippen LogP contribution in [0.5, 0.6) is 0 Å². The number of aryl methyl sites for hydroxylation is 2. The number of hydrogen-bond donors (Lipinski definition) is 3. The molecule has 0 aliphatic carbocycles. The van der Waals surface area contributed by atoms with Crippen LogP contribution in [0.2, 0.25) is 0 Å². The van der Waals surface area contributed by atoms with Gasteiger partial charge in [-0.25, -0.2) is 0 Å². The van der Waals surface area contributed by atoms with Crippen molar-refractivity contribution in [3.63, 3.8) is 0 Å². The third-order valence-electron chi connectivity index (χ3n) is 4.91. The number of aldehydes is 1. The van der Waals surface area contributed by atoms with Crippen molar-refractivity contribution in [2.75, 3.05) is 32.8 Å². The number of carbonyl (C=O) groups is 2. The number of amides is 1. The molecule has 7 nitrogen and oxygen atoms in total. The molecule has 1 heterocycles. The minimum Gasteiger partial charge on any atom is -0.389 e. The lowest BCUT2D eigenvalue weighted by Crippen LogP contribution is -2.26. The van der Waals surface area contributed by atoms with E-state index in [9.17, 15) is 9.59 Å². The molecule has 2 aromatic carbocycles. The van der Waals surface area contributed by atoms with Gasteiger partial charge in [0.05, 0.1) is 25.4 Å². The van der Waals surface area contributed by atoms with E-state index < -0.39 is 0 Å². The maximum Gasteiger partial charge on any atom is 0.207 e. The van der Waals surface area contributed by atoms with Crippen LogP contribution in [0.25, 0.3) is 11.1 Å². The molecular formula is C30H47N3O4. The fraction of sp³-hybridized carbons (Fsp3) is 0.500. The Bertz CT molecular complexity index is 854. The minimum absolute atomic E-state index is 0.101. The van der Waals surface area contributed by atoms with Crippen LogP contribution in [-0.4, -0.2) is 56.8 Å². The Kier molecular flexibility index (Phi) is 25.4. The average Bonchev–Trinajstić information content (AvgIpc) is 3.18. The number of aliphatic hydroxyl groups is 1. The fourth-order valence-corrected chi connectivity index (χ4v) is 2.72. The van der Waals surface area contributed by atoms with Gasteiger partial charge < -0.3 is 25.3 Å². The number of aliphatic hydroxyl groups excluding tert-OH is 1. The third kappa shape index (κ3) is 19.8. The van der Waals surface area contributed by atoms with Gasteiger partial charge in [0.2, 0.25) is 6.41 Å². The van der Waals surface area contributed by atoms with Crippen LogP contribution in [0.3, 0.4) is 0 Å². The summed E-state index contributed by atoms with van der Waals surface area (Å²) >= 11 is 0. The molecule has 3 rings (SSSR count). The fourth-order valence-electron chi connectivity index (χ4n) is 2.72. The molecule has 1 aliphatic heterocycles. The van der Waals surface area contributed by atoms with Gasteiger partial charge in [0.1, 0.15) is 12.8 Å². The standard InChI is InChI=1S/C16H16O.C5H11NO2.C4H10.C3H4N2O.C2H6/c1-12-3-5-15(6-4-12)16-8-7-14(9-10-17)13(2)11-16;7-5-3-6-1-2-8-4-5;1-3-4-2;4-1-2-5-3-6;1-2/h3-8,10-11H,9H2,1-2H3;5-7H,1-4H2;3-4H2,1-2H3;3H,2H2,(H,5,6);1-2H3. The second kappa shape index (κ2) is 26.0. The number of ether oxygens (including phenoxy) is 1. The molecule has 2 aromatic rings. The number of nitrogens with one attached hydrogen (secondary N) is 2. The van der Waals surface area contributed by atoms with E-state index in [2.05, 4.69) is 74.7 Å². The number of hydrogen-bond acceptors (Lipinski definition) is 6. The van der Waals surface area contributed by atoms with E-state index in [1.165, 1.54) is 35.1 Å². The quantitative estimate of drug-likeness (QED) is 0.292. The minimum atomic E-state index is -0.308. The molecule has 0 bridgehead atoms. The molecular weight excluding hydrogens is 466 g/mol. The summed E-state index contributed by atoms with van der Waals surface area (Å²) in [6, 6.07) is 16.5. The van der Waals surface area contributed by atoms with E-state index in [-0.39, 0.29) is 12.6 Å². The Morgan fingerprint density at radius 1 is 1.08 bits per heavy atom. The predicted octanol–water partition coefficient (Wildman–Crippen LogP) is 4.77. The van der Waals surface area contributed by atoms with Gasteiger partial charge in [0, 0.05) is 19.5 Å². The Balaban J connectivity index is 0. The molecule has 3 N–H and O–H groups in total. The number of benzene rings is 2. The topological polar surface area (TPSA) is 111 Å². The van der Waals surface area contributed by atoms with Crippen LogP contribution < -0.4 is 10.6 Å². The Morgan fingerprint density at radius 2 is 1.70 bits per heavy atom. The monoisotopic (exact) mass is 513 g/mol. The third-order valence-corrected chi connectivity index (χ3v) is 4.91. The van der Waals surface area contributed by atoms with Gasteiger partial charge in [0.15, 0.2) is 0 Å². The van der Waals surface area contributed by atoms with Crippen LogP contribution in [0.15, 0.2) is 42.5 Å². The van der Waals surface area contributed by atoms with Crippen molar-refractivity contribution in [2.24, 2.45) is 0 Å². The van der Waals surface area contributed by atoms with E-state index in [1.54, 1.807) is 6.07 Å². The van der Waals surface area contributed by atoms with Crippen molar-refractivity contribution in [3.05, 3.63) is 59.2 Å². The first-order chi connectivity index (χ1) is 17.9. The van der Waals surface area contributed by atoms with Gasteiger partial charge >= 0.3 is 0 Å². The molecule has 1 aliphatic rings. The Hall–Kier alpha value is -3.05. The van der Waals surface area contributed by atoms with Crippen molar-refractivity contribution >= 4 is 12.7 Å². The average molecular weight is 514 g/mol. The van der Waals surface area contributed by atoms with Crippen LogP contribution in [0, 0.1) is 25.2 Å². The lowest BCUT2D eigenvalue weighted by atomic mass is 9.98. The zero-order chi connectivity index (χ0) is 28.3. The van der Waals surface area contributed by atoms with E-state index >= 15 is 0 Å². The van der Waals surface area contributed by atoms with Gasteiger partial charge in [-0.1, -0.05) is 88.6 Å². The maximum absolute atomic E-state index is 10.5. The van der Waals surface area contributed by atoms with Gasteiger partial charge in [-0.3, -0.25) is 4.79 Å². The highest BCUT2D eigenvalue weighted by Gasteiger charge is 2.06. The predicted molar refractivity (Wildman–Crippen MR) is 152 cm³/mol. The van der Waals surface area contributed by atoms with Crippen molar-refractivity contribution in [3.8, 4) is 17.2 Å². The molecule has 0 aromatic heterocycles. The summed E-state index contributed by atoms with van der Waals surface area (Å²) < 4.78 is 4.99. The van der Waals surface area contributed by atoms with Crippen molar-refractivity contribution in [2.45, 2.75) is 66.9 Å². The molecule has 0 radical (unpaired) electrons. The zero-order valence-corrected chi connectivity index (χ0v) is 23.5. The van der Waals surface area contributed by atoms with Gasteiger partial charge in [-0.2, -0.15) is 5.26 Å². The van der Waals surface area contributed by atoms with E-state index in [0.717, 1.165) is 25.0 Å². The highest BCUT2D eigenvalue weighted by molar-refractivity contribution is 5.66.